The third kappa shape index (κ3) is 6.25. The van der Waals surface area contributed by atoms with Gasteiger partial charge in [0, 0.05) is 43.1 Å². The topological polar surface area (TPSA) is 114 Å². The monoisotopic (exact) mass is 918 g/mol. The molecule has 0 amide bonds. The summed E-state index contributed by atoms with van der Waals surface area (Å²) in [6, 6.07) is 45.9. The maximum Gasteiger partial charge on any atom is 0.197 e. The van der Waals surface area contributed by atoms with E-state index in [9.17, 15) is 19.2 Å². The van der Waals surface area contributed by atoms with Gasteiger partial charge in [-0.15, -0.1) is 0 Å². The number of aryl methyl sites for hydroxylation is 2. The predicted molar refractivity (Wildman–Crippen MR) is 279 cm³/mol. The van der Waals surface area contributed by atoms with Crippen molar-refractivity contribution in [1.82, 2.24) is 8.80 Å². The van der Waals surface area contributed by atoms with E-state index < -0.39 is 0 Å². The van der Waals surface area contributed by atoms with Gasteiger partial charge in [0.05, 0.1) is 33.1 Å². The van der Waals surface area contributed by atoms with Gasteiger partial charge in [0.15, 0.2) is 44.7 Å². The molecular formula is C60H42N2O8. The van der Waals surface area contributed by atoms with Gasteiger partial charge in [0.2, 0.25) is 0 Å². The van der Waals surface area contributed by atoms with Gasteiger partial charge >= 0.3 is 0 Å². The standard InChI is InChI=1S/C60H42N2O8/c1-3-33-11-17-47-43(27-33)57(63)39-7-5-9-41-55(39)61(47)49-19-13-35(29-45(49)59(41)65)37-15-21-51-53(31-37)69-25-23-68-52-22-16-38(32-54(52)70-26-24-67-51)36-14-20-50-46(30-36)60(66)42-10-6-8-40-56(42)62(50)48-18-12-34(4-2)28-44(48)58(40)64/h5-22,27-32H,3-4,23-26H2,1-2H3. The van der Waals surface area contributed by atoms with E-state index in [0.717, 1.165) is 68.3 Å². The molecule has 0 fully saturated rings. The van der Waals surface area contributed by atoms with Crippen molar-refractivity contribution in [1.29, 1.82) is 0 Å². The number of aromatic nitrogens is 2. The molecule has 10 nitrogen and oxygen atoms in total. The lowest BCUT2D eigenvalue weighted by atomic mass is 9.98. The molecule has 0 radical (unpaired) electrons. The van der Waals surface area contributed by atoms with Crippen LogP contribution < -0.4 is 40.7 Å². The normalized spacial score (nSPS) is 13.3. The second-order valence-corrected chi connectivity index (χ2v) is 18.0. The molecule has 0 unspecified atom stereocenters. The smallest absolute Gasteiger partial charge is 0.197 e. The molecule has 0 bridgehead atoms. The number of rotatable bonds is 4. The first-order valence-corrected chi connectivity index (χ1v) is 23.7. The molecule has 0 saturated carbocycles. The van der Waals surface area contributed by atoms with Gasteiger partial charge in [-0.05, 0) is 143 Å². The number of fused-ring (bicyclic) bond motifs is 10. The Labute approximate surface area is 398 Å². The lowest BCUT2D eigenvalue weighted by Gasteiger charge is -2.19. The highest BCUT2D eigenvalue weighted by Gasteiger charge is 2.21. The van der Waals surface area contributed by atoms with Gasteiger partial charge in [0.1, 0.15) is 26.4 Å². The van der Waals surface area contributed by atoms with E-state index in [2.05, 4.69) is 22.6 Å². The van der Waals surface area contributed by atoms with Crippen LogP contribution >= 0.6 is 0 Å². The van der Waals surface area contributed by atoms with Crippen LogP contribution in [0.2, 0.25) is 0 Å². The number of hydrogen-bond donors (Lipinski definition) is 0. The summed E-state index contributed by atoms with van der Waals surface area (Å²) in [5, 5.41) is 4.38. The van der Waals surface area contributed by atoms with E-state index in [1.54, 1.807) is 36.4 Å². The Hall–Kier alpha value is -8.76. The van der Waals surface area contributed by atoms with E-state index in [4.69, 9.17) is 18.9 Å². The van der Waals surface area contributed by atoms with Crippen LogP contribution in [-0.4, -0.2) is 35.2 Å². The highest BCUT2D eigenvalue weighted by Crippen LogP contribution is 2.38. The summed E-state index contributed by atoms with van der Waals surface area (Å²) in [4.78, 5) is 56.0. The maximum absolute atomic E-state index is 14.2. The highest BCUT2D eigenvalue weighted by atomic mass is 16.6. The first-order chi connectivity index (χ1) is 34.3. The fraction of sp³-hybridized carbons (Fsp3) is 0.133. The minimum absolute atomic E-state index is 0.0735. The molecule has 13 rings (SSSR count). The zero-order valence-corrected chi connectivity index (χ0v) is 38.3. The van der Waals surface area contributed by atoms with Crippen LogP contribution in [0, 0.1) is 0 Å². The Kier molecular flexibility index (Phi) is 9.42. The molecule has 8 aromatic carbocycles. The van der Waals surface area contributed by atoms with Crippen molar-refractivity contribution < 1.29 is 18.9 Å². The molecule has 0 spiro atoms. The lowest BCUT2D eigenvalue weighted by Crippen LogP contribution is -2.15. The summed E-state index contributed by atoms with van der Waals surface area (Å²) < 4.78 is 29.3. The summed E-state index contributed by atoms with van der Waals surface area (Å²) in [5.74, 6) is 2.13. The molecule has 0 aliphatic carbocycles. The van der Waals surface area contributed by atoms with Crippen molar-refractivity contribution in [2.45, 2.75) is 26.7 Å². The molecule has 0 N–H and O–H groups in total. The summed E-state index contributed by atoms with van der Waals surface area (Å²) in [6.45, 7) is 4.97. The van der Waals surface area contributed by atoms with Crippen molar-refractivity contribution in [2.75, 3.05) is 26.4 Å². The summed E-state index contributed by atoms with van der Waals surface area (Å²) in [6.07, 6.45) is 1.61. The molecule has 1 aliphatic heterocycles. The minimum atomic E-state index is -0.136. The van der Waals surface area contributed by atoms with Crippen LogP contribution in [0.1, 0.15) is 25.0 Å². The summed E-state index contributed by atoms with van der Waals surface area (Å²) in [7, 11) is 0. The minimum Gasteiger partial charge on any atom is -0.486 e. The van der Waals surface area contributed by atoms with Crippen molar-refractivity contribution in [3.8, 4) is 45.3 Å². The van der Waals surface area contributed by atoms with Gasteiger partial charge in [-0.3, -0.25) is 19.2 Å². The quantitative estimate of drug-likeness (QED) is 0.127. The molecular weight excluding hydrogens is 877 g/mol. The largest absolute Gasteiger partial charge is 0.486 e. The van der Waals surface area contributed by atoms with Gasteiger partial charge < -0.3 is 27.7 Å². The number of nitrogens with zero attached hydrogens (tertiary/aromatic N) is 2. The van der Waals surface area contributed by atoms with Crippen molar-refractivity contribution in [3.05, 3.63) is 198 Å². The zero-order chi connectivity index (χ0) is 47.4. The summed E-state index contributed by atoms with van der Waals surface area (Å²) in [5.41, 5.74) is 9.29. The molecule has 70 heavy (non-hydrogen) atoms. The second kappa shape index (κ2) is 15.9. The van der Waals surface area contributed by atoms with Gasteiger partial charge in [-0.1, -0.05) is 62.4 Å². The average molecular weight is 919 g/mol. The van der Waals surface area contributed by atoms with E-state index in [1.165, 1.54) is 0 Å². The van der Waals surface area contributed by atoms with E-state index in [-0.39, 0.29) is 48.1 Å². The first kappa shape index (κ1) is 41.4. The summed E-state index contributed by atoms with van der Waals surface area (Å²) >= 11 is 0. The first-order valence-electron chi connectivity index (χ1n) is 23.7. The highest BCUT2D eigenvalue weighted by molar-refractivity contribution is 6.10. The number of ether oxygens (including phenoxy) is 4. The van der Waals surface area contributed by atoms with Crippen LogP contribution in [0.15, 0.2) is 165 Å². The van der Waals surface area contributed by atoms with Crippen molar-refractivity contribution in [2.24, 2.45) is 0 Å². The lowest BCUT2D eigenvalue weighted by molar-refractivity contribution is 0.171. The maximum atomic E-state index is 14.2. The zero-order valence-electron chi connectivity index (χ0n) is 38.3. The fourth-order valence-electron chi connectivity index (χ4n) is 10.6. The molecule has 10 heteroatoms. The number of hydrogen-bond acceptors (Lipinski definition) is 8. The molecule has 0 saturated heterocycles. The Bertz CT molecular complexity index is 4160. The van der Waals surface area contributed by atoms with E-state index >= 15 is 0 Å². The fourth-order valence-corrected chi connectivity index (χ4v) is 10.6. The molecule has 0 atom stereocenters. The second-order valence-electron chi connectivity index (χ2n) is 18.0. The van der Waals surface area contributed by atoms with Crippen LogP contribution in [0.5, 0.6) is 23.0 Å². The van der Waals surface area contributed by atoms with Crippen LogP contribution in [-0.2, 0) is 12.8 Å². The van der Waals surface area contributed by atoms with Crippen LogP contribution in [0.4, 0.5) is 0 Å². The molecule has 5 heterocycles. The number of para-hydroxylation sites is 2. The van der Waals surface area contributed by atoms with Gasteiger partial charge in [0.25, 0.3) is 0 Å². The average Bonchev–Trinajstić information content (AvgIpc) is 3.40. The van der Waals surface area contributed by atoms with Crippen LogP contribution in [0.25, 0.3) is 98.4 Å². The SMILES string of the molecule is CCc1ccc2c(c1)c(=O)c1cccc3c(=O)c4cc(-c5ccc6c(c5)OCCOc5ccc(-c7ccc8c(c7)c(=O)c7cccc9c(=O)c%10cc(CC)ccc%10n8c97)cc5OCCO6)ccc4n2c13. The molecule has 12 aromatic rings. The van der Waals surface area contributed by atoms with Gasteiger partial charge in [-0.2, -0.15) is 0 Å². The Morgan fingerprint density at radius 3 is 1.03 bits per heavy atom. The molecule has 340 valence electrons. The Balaban J connectivity index is 0.805. The Morgan fingerprint density at radius 2 is 0.657 bits per heavy atom. The van der Waals surface area contributed by atoms with Gasteiger partial charge in [-0.25, -0.2) is 0 Å². The Morgan fingerprint density at radius 1 is 0.343 bits per heavy atom. The van der Waals surface area contributed by atoms with Crippen molar-refractivity contribution in [3.63, 3.8) is 0 Å². The van der Waals surface area contributed by atoms with Crippen molar-refractivity contribution >= 4 is 76.2 Å². The number of benzene rings is 8. The van der Waals surface area contributed by atoms with E-state index in [1.807, 2.05) is 109 Å². The predicted octanol–water partition coefficient (Wildman–Crippen LogP) is 11.1. The third-order valence-corrected chi connectivity index (χ3v) is 14.1. The number of pyridine rings is 4. The van der Waals surface area contributed by atoms with Crippen LogP contribution in [0.3, 0.4) is 0 Å². The molecule has 1 aliphatic rings. The molecule has 4 aromatic heterocycles. The van der Waals surface area contributed by atoms with E-state index in [0.29, 0.717) is 77.1 Å². The third-order valence-electron chi connectivity index (χ3n) is 14.1.